The number of anilines is 1. The highest BCUT2D eigenvalue weighted by atomic mass is 35.5. The van der Waals surface area contributed by atoms with Crippen LogP contribution in [0.2, 0.25) is 5.02 Å². The molecule has 1 aliphatic rings. The van der Waals surface area contributed by atoms with Gasteiger partial charge in [0.1, 0.15) is 0 Å². The summed E-state index contributed by atoms with van der Waals surface area (Å²) in [5, 5.41) is 12.1. The molecule has 1 fully saturated rings. The summed E-state index contributed by atoms with van der Waals surface area (Å²) < 4.78 is 0. The Hall–Kier alpha value is -1.75. The van der Waals surface area contributed by atoms with Crippen LogP contribution in [0.3, 0.4) is 0 Å². The summed E-state index contributed by atoms with van der Waals surface area (Å²) in [5.74, 6) is -1.11. The Balaban J connectivity index is 2.16. The minimum Gasteiger partial charge on any atom is -0.478 e. The van der Waals surface area contributed by atoms with Gasteiger partial charge in [-0.2, -0.15) is 0 Å². The molecule has 1 aromatic rings. The van der Waals surface area contributed by atoms with Gasteiger partial charge in [0.15, 0.2) is 0 Å². The van der Waals surface area contributed by atoms with Gasteiger partial charge in [0.2, 0.25) is 0 Å². The van der Waals surface area contributed by atoms with Crippen LogP contribution in [0, 0.1) is 0 Å². The third-order valence-electron chi connectivity index (χ3n) is 3.17. The number of rotatable bonds is 5. The number of halogens is 1. The van der Waals surface area contributed by atoms with E-state index in [0.717, 1.165) is 19.3 Å². The number of aromatic carboxylic acids is 1. The van der Waals surface area contributed by atoms with Crippen LogP contribution in [0.15, 0.2) is 18.2 Å². The Morgan fingerprint density at radius 3 is 2.70 bits per heavy atom. The third-order valence-corrected chi connectivity index (χ3v) is 3.40. The Labute approximate surface area is 122 Å². The lowest BCUT2D eigenvalue weighted by atomic mass is 10.2. The largest absolute Gasteiger partial charge is 0.478 e. The molecule has 0 heterocycles. The lowest BCUT2D eigenvalue weighted by Crippen LogP contribution is -2.37. The number of amides is 2. The molecule has 0 bridgehead atoms. The molecule has 0 atom stereocenters. The topological polar surface area (TPSA) is 69.6 Å². The molecule has 0 aromatic heterocycles. The highest BCUT2D eigenvalue weighted by Crippen LogP contribution is 2.28. The van der Waals surface area contributed by atoms with Crippen molar-refractivity contribution in [3.8, 4) is 0 Å². The van der Waals surface area contributed by atoms with Crippen molar-refractivity contribution in [3.63, 3.8) is 0 Å². The van der Waals surface area contributed by atoms with Crippen LogP contribution in [0.5, 0.6) is 0 Å². The van der Waals surface area contributed by atoms with Crippen LogP contribution < -0.4 is 5.32 Å². The summed E-state index contributed by atoms with van der Waals surface area (Å²) in [6, 6.07) is 4.45. The first kappa shape index (κ1) is 14.7. The molecule has 0 saturated heterocycles. The van der Waals surface area contributed by atoms with E-state index >= 15 is 0 Å². The van der Waals surface area contributed by atoms with E-state index in [1.165, 1.54) is 12.1 Å². The van der Waals surface area contributed by atoms with Crippen LogP contribution >= 0.6 is 11.6 Å². The standard InChI is InChI=1S/C14H17ClN2O3/c1-2-7-17(10-4-5-10)14(20)16-12-6-3-9(15)8-11(12)13(18)19/h3,6,8,10H,2,4-5,7H2,1H3,(H,16,20)(H,18,19). The minimum atomic E-state index is -1.11. The fraction of sp³-hybridized carbons (Fsp3) is 0.429. The first-order chi connectivity index (χ1) is 9.52. The number of nitrogens with zero attached hydrogens (tertiary/aromatic N) is 1. The lowest BCUT2D eigenvalue weighted by Gasteiger charge is -2.22. The molecule has 1 aromatic carbocycles. The predicted octanol–water partition coefficient (Wildman–Crippen LogP) is 3.44. The van der Waals surface area contributed by atoms with Gasteiger partial charge in [-0.1, -0.05) is 18.5 Å². The molecule has 0 radical (unpaired) electrons. The maximum Gasteiger partial charge on any atom is 0.337 e. The number of hydrogen-bond acceptors (Lipinski definition) is 2. The van der Waals surface area contributed by atoms with Gasteiger partial charge >= 0.3 is 12.0 Å². The first-order valence-corrected chi connectivity index (χ1v) is 7.01. The summed E-state index contributed by atoms with van der Waals surface area (Å²) in [7, 11) is 0. The molecule has 0 aliphatic heterocycles. The molecule has 20 heavy (non-hydrogen) atoms. The zero-order valence-corrected chi connectivity index (χ0v) is 12.0. The van der Waals surface area contributed by atoms with E-state index in [-0.39, 0.29) is 23.3 Å². The third kappa shape index (κ3) is 3.42. The van der Waals surface area contributed by atoms with E-state index in [1.54, 1.807) is 11.0 Å². The molecule has 1 aliphatic carbocycles. The second-order valence-electron chi connectivity index (χ2n) is 4.85. The van der Waals surface area contributed by atoms with Gasteiger partial charge in [0.05, 0.1) is 11.3 Å². The van der Waals surface area contributed by atoms with E-state index in [0.29, 0.717) is 11.6 Å². The SMILES string of the molecule is CCCN(C(=O)Nc1ccc(Cl)cc1C(=O)O)C1CC1. The molecule has 1 saturated carbocycles. The number of carboxylic acid groups (broad SMARTS) is 1. The predicted molar refractivity (Wildman–Crippen MR) is 77.4 cm³/mol. The average Bonchev–Trinajstić information content (AvgIpc) is 3.22. The molecular weight excluding hydrogens is 280 g/mol. The average molecular weight is 297 g/mol. The van der Waals surface area contributed by atoms with Gasteiger partial charge < -0.3 is 15.3 Å². The van der Waals surface area contributed by atoms with Crippen molar-refractivity contribution in [1.29, 1.82) is 0 Å². The molecule has 5 nitrogen and oxygen atoms in total. The van der Waals surface area contributed by atoms with Crippen LogP contribution in [0.1, 0.15) is 36.5 Å². The van der Waals surface area contributed by atoms with Gasteiger partial charge in [-0.15, -0.1) is 0 Å². The van der Waals surface area contributed by atoms with Gasteiger partial charge in [0, 0.05) is 17.6 Å². The van der Waals surface area contributed by atoms with E-state index in [1.807, 2.05) is 6.92 Å². The summed E-state index contributed by atoms with van der Waals surface area (Å²) in [4.78, 5) is 25.2. The van der Waals surface area contributed by atoms with Crippen molar-refractivity contribution >= 4 is 29.3 Å². The zero-order chi connectivity index (χ0) is 14.7. The summed E-state index contributed by atoms with van der Waals surface area (Å²) in [6.45, 7) is 2.68. The Morgan fingerprint density at radius 2 is 2.15 bits per heavy atom. The maximum atomic E-state index is 12.2. The second-order valence-corrected chi connectivity index (χ2v) is 5.29. The lowest BCUT2D eigenvalue weighted by molar-refractivity contribution is 0.0698. The molecule has 2 N–H and O–H groups in total. The molecule has 0 unspecified atom stereocenters. The quantitative estimate of drug-likeness (QED) is 0.874. The van der Waals surface area contributed by atoms with Gasteiger partial charge in [-0.3, -0.25) is 0 Å². The normalized spacial score (nSPS) is 13.9. The second kappa shape index (κ2) is 6.13. The Kier molecular flexibility index (Phi) is 4.49. The highest BCUT2D eigenvalue weighted by Gasteiger charge is 2.32. The number of hydrogen-bond donors (Lipinski definition) is 2. The van der Waals surface area contributed by atoms with E-state index in [2.05, 4.69) is 5.32 Å². The van der Waals surface area contributed by atoms with Crippen molar-refractivity contribution in [3.05, 3.63) is 28.8 Å². The first-order valence-electron chi connectivity index (χ1n) is 6.63. The molecule has 0 spiro atoms. The monoisotopic (exact) mass is 296 g/mol. The van der Waals surface area contributed by atoms with Crippen molar-refractivity contribution in [2.75, 3.05) is 11.9 Å². The molecular formula is C14H17ClN2O3. The number of carboxylic acids is 1. The van der Waals surface area contributed by atoms with Crippen molar-refractivity contribution < 1.29 is 14.7 Å². The van der Waals surface area contributed by atoms with Crippen molar-refractivity contribution in [2.45, 2.75) is 32.2 Å². The molecule has 6 heteroatoms. The van der Waals surface area contributed by atoms with Crippen LogP contribution in [-0.4, -0.2) is 34.6 Å². The van der Waals surface area contributed by atoms with E-state index in [9.17, 15) is 9.59 Å². The fourth-order valence-electron chi connectivity index (χ4n) is 2.07. The minimum absolute atomic E-state index is 0.00176. The van der Waals surface area contributed by atoms with Gasteiger partial charge in [-0.05, 0) is 37.5 Å². The number of benzene rings is 1. The smallest absolute Gasteiger partial charge is 0.337 e. The van der Waals surface area contributed by atoms with Gasteiger partial charge in [-0.25, -0.2) is 9.59 Å². The number of urea groups is 1. The zero-order valence-electron chi connectivity index (χ0n) is 11.2. The Bertz CT molecular complexity index is 529. The van der Waals surface area contributed by atoms with Crippen molar-refractivity contribution in [1.82, 2.24) is 4.90 Å². The summed E-state index contributed by atoms with van der Waals surface area (Å²) >= 11 is 5.78. The maximum absolute atomic E-state index is 12.2. The van der Waals surface area contributed by atoms with Crippen LogP contribution in [-0.2, 0) is 0 Å². The Morgan fingerprint density at radius 1 is 1.45 bits per heavy atom. The van der Waals surface area contributed by atoms with Crippen LogP contribution in [0.4, 0.5) is 10.5 Å². The molecule has 2 amide bonds. The van der Waals surface area contributed by atoms with Gasteiger partial charge in [0.25, 0.3) is 0 Å². The summed E-state index contributed by atoms with van der Waals surface area (Å²) in [5.41, 5.74) is 0.270. The van der Waals surface area contributed by atoms with Crippen molar-refractivity contribution in [2.24, 2.45) is 0 Å². The van der Waals surface area contributed by atoms with E-state index in [4.69, 9.17) is 16.7 Å². The summed E-state index contributed by atoms with van der Waals surface area (Å²) in [6.07, 6.45) is 2.90. The molecule has 2 rings (SSSR count). The molecule has 108 valence electrons. The number of carbonyl (C=O) groups excluding carboxylic acids is 1. The number of carbonyl (C=O) groups is 2. The van der Waals surface area contributed by atoms with E-state index < -0.39 is 5.97 Å². The fourth-order valence-corrected chi connectivity index (χ4v) is 2.24. The number of nitrogens with one attached hydrogen (secondary N) is 1. The highest BCUT2D eigenvalue weighted by molar-refractivity contribution is 6.31. The van der Waals surface area contributed by atoms with Crippen LogP contribution in [0.25, 0.3) is 0 Å².